The fourth-order valence-corrected chi connectivity index (χ4v) is 4.38. The Balaban J connectivity index is 1.44. The van der Waals surface area contributed by atoms with Crippen LogP contribution in [0.3, 0.4) is 0 Å². The van der Waals surface area contributed by atoms with Gasteiger partial charge in [0.25, 0.3) is 0 Å². The highest BCUT2D eigenvalue weighted by atomic mass is 32.1. The average Bonchev–Trinajstić information content (AvgIpc) is 3.46. The van der Waals surface area contributed by atoms with Crippen molar-refractivity contribution in [3.8, 4) is 16.3 Å². The summed E-state index contributed by atoms with van der Waals surface area (Å²) < 4.78 is 49.1. The summed E-state index contributed by atoms with van der Waals surface area (Å²) in [5.41, 5.74) is 1.94. The molecule has 6 nitrogen and oxygen atoms in total. The van der Waals surface area contributed by atoms with Crippen LogP contribution in [0.1, 0.15) is 39.7 Å². The third-order valence-corrected chi connectivity index (χ3v) is 6.38. The molecule has 10 heteroatoms. The van der Waals surface area contributed by atoms with Crippen molar-refractivity contribution in [1.82, 2.24) is 10.1 Å². The van der Waals surface area contributed by atoms with Crippen LogP contribution in [0.2, 0.25) is 0 Å². The van der Waals surface area contributed by atoms with Crippen molar-refractivity contribution in [2.45, 2.75) is 32.0 Å². The fourth-order valence-electron chi connectivity index (χ4n) is 3.40. The Bertz CT molecular complexity index is 1250. The number of aryl methyl sites for hydroxylation is 1. The summed E-state index contributed by atoms with van der Waals surface area (Å²) in [4.78, 5) is 16.6. The lowest BCUT2D eigenvalue weighted by molar-refractivity contribution is -0.138. The molecule has 176 valence electrons. The Hall–Kier alpha value is -3.66. The van der Waals surface area contributed by atoms with Gasteiger partial charge >= 0.3 is 12.1 Å². The highest BCUT2D eigenvalue weighted by molar-refractivity contribution is 7.15. The second-order valence-corrected chi connectivity index (χ2v) is 8.62. The molecule has 1 unspecified atom stereocenters. The number of benzene rings is 2. The van der Waals surface area contributed by atoms with Crippen molar-refractivity contribution in [3.63, 3.8) is 0 Å². The number of nitrogens with zero attached hydrogens (tertiary/aromatic N) is 2. The van der Waals surface area contributed by atoms with Gasteiger partial charge in [-0.25, -0.2) is 4.98 Å². The van der Waals surface area contributed by atoms with Crippen LogP contribution in [0.4, 0.5) is 13.2 Å². The number of alkyl halides is 3. The lowest BCUT2D eigenvalue weighted by atomic mass is 9.92. The molecule has 2 aromatic heterocycles. The number of rotatable bonds is 8. The Morgan fingerprint density at radius 1 is 1.12 bits per heavy atom. The van der Waals surface area contributed by atoms with Crippen LogP contribution in [0.15, 0.2) is 65.4 Å². The molecule has 34 heavy (non-hydrogen) atoms. The third kappa shape index (κ3) is 5.45. The van der Waals surface area contributed by atoms with Gasteiger partial charge in [-0.1, -0.05) is 29.4 Å². The summed E-state index contributed by atoms with van der Waals surface area (Å²) in [5, 5.41) is 13.7. The van der Waals surface area contributed by atoms with Gasteiger partial charge in [0.05, 0.1) is 28.2 Å². The van der Waals surface area contributed by atoms with Gasteiger partial charge in [0.2, 0.25) is 0 Å². The number of carboxylic acids is 1. The predicted molar refractivity (Wildman–Crippen MR) is 119 cm³/mol. The zero-order valence-electron chi connectivity index (χ0n) is 17.9. The lowest BCUT2D eigenvalue weighted by Gasteiger charge is -2.13. The van der Waals surface area contributed by atoms with Gasteiger partial charge in [-0.3, -0.25) is 4.79 Å². The summed E-state index contributed by atoms with van der Waals surface area (Å²) in [6.45, 7) is 2.06. The molecular formula is C24H19F3N2O4S. The molecule has 4 aromatic rings. The molecule has 4 rings (SSSR count). The van der Waals surface area contributed by atoms with E-state index >= 15 is 0 Å². The Kier molecular flexibility index (Phi) is 6.69. The Labute approximate surface area is 196 Å². The standard InChI is InChI=1S/C24H19F3N2O4S/c1-14-21(34-23(28-14)16-2-6-17(7-3-16)24(25,26)27)13-32-18-8-4-15(5-9-18)19(12-22(30)31)20-10-11-33-29-20/h2-11,19H,12-13H2,1H3,(H,30,31). The fraction of sp³-hybridized carbons (Fsp3) is 0.208. The number of aliphatic carboxylic acids is 1. The quantitative estimate of drug-likeness (QED) is 0.313. The number of halogens is 3. The number of carbonyl (C=O) groups is 1. The van der Waals surface area contributed by atoms with Gasteiger partial charge in [-0.2, -0.15) is 13.2 Å². The second kappa shape index (κ2) is 9.68. The second-order valence-electron chi connectivity index (χ2n) is 7.54. The number of carboxylic acid groups (broad SMARTS) is 1. The molecule has 1 N–H and O–H groups in total. The molecule has 2 heterocycles. The first-order valence-electron chi connectivity index (χ1n) is 10.2. The normalized spacial score (nSPS) is 12.5. The van der Waals surface area contributed by atoms with Gasteiger partial charge < -0.3 is 14.4 Å². The van der Waals surface area contributed by atoms with E-state index in [1.165, 1.54) is 29.7 Å². The molecule has 0 bridgehead atoms. The van der Waals surface area contributed by atoms with Gasteiger partial charge in [0.1, 0.15) is 23.6 Å². The Morgan fingerprint density at radius 2 is 1.82 bits per heavy atom. The maximum atomic E-state index is 12.8. The predicted octanol–water partition coefficient (Wildman–Crippen LogP) is 6.31. The molecule has 0 saturated heterocycles. The first-order valence-corrected chi connectivity index (χ1v) is 11.0. The van der Waals surface area contributed by atoms with Crippen LogP contribution in [-0.2, 0) is 17.6 Å². The number of hydrogen-bond acceptors (Lipinski definition) is 6. The molecule has 1 atom stereocenters. The van der Waals surface area contributed by atoms with Crippen molar-refractivity contribution in [1.29, 1.82) is 0 Å². The van der Waals surface area contributed by atoms with E-state index < -0.39 is 23.6 Å². The molecule has 0 aliphatic heterocycles. The van der Waals surface area contributed by atoms with E-state index in [1.54, 1.807) is 30.3 Å². The SMILES string of the molecule is Cc1nc(-c2ccc(C(F)(F)F)cc2)sc1COc1ccc(C(CC(=O)O)c2ccon2)cc1. The number of aromatic nitrogens is 2. The van der Waals surface area contributed by atoms with Crippen LogP contribution in [0.5, 0.6) is 5.75 Å². The van der Waals surface area contributed by atoms with Crippen molar-refractivity contribution >= 4 is 17.3 Å². The molecule has 0 radical (unpaired) electrons. The van der Waals surface area contributed by atoms with Crippen molar-refractivity contribution in [2.75, 3.05) is 0 Å². The zero-order valence-corrected chi connectivity index (χ0v) is 18.7. The minimum absolute atomic E-state index is 0.125. The highest BCUT2D eigenvalue weighted by Gasteiger charge is 2.30. The van der Waals surface area contributed by atoms with E-state index in [-0.39, 0.29) is 13.0 Å². The van der Waals surface area contributed by atoms with Crippen LogP contribution in [-0.4, -0.2) is 21.2 Å². The highest BCUT2D eigenvalue weighted by Crippen LogP contribution is 2.34. The van der Waals surface area contributed by atoms with E-state index in [0.29, 0.717) is 22.0 Å². The lowest BCUT2D eigenvalue weighted by Crippen LogP contribution is -2.08. The van der Waals surface area contributed by atoms with E-state index in [2.05, 4.69) is 10.1 Å². The van der Waals surface area contributed by atoms with Gasteiger partial charge in [0.15, 0.2) is 0 Å². The van der Waals surface area contributed by atoms with E-state index in [1.807, 2.05) is 6.92 Å². The minimum atomic E-state index is -4.38. The summed E-state index contributed by atoms with van der Waals surface area (Å²) in [6, 6.07) is 13.6. The third-order valence-electron chi connectivity index (χ3n) is 5.20. The summed E-state index contributed by atoms with van der Waals surface area (Å²) in [7, 11) is 0. The average molecular weight is 488 g/mol. The van der Waals surface area contributed by atoms with Gasteiger partial charge in [0, 0.05) is 17.5 Å². The maximum absolute atomic E-state index is 12.8. The van der Waals surface area contributed by atoms with Crippen LogP contribution >= 0.6 is 11.3 Å². The summed E-state index contributed by atoms with van der Waals surface area (Å²) in [5.74, 6) is -0.806. The summed E-state index contributed by atoms with van der Waals surface area (Å²) >= 11 is 1.36. The Morgan fingerprint density at radius 3 is 2.41 bits per heavy atom. The molecule has 0 aliphatic rings. The van der Waals surface area contributed by atoms with Crippen LogP contribution < -0.4 is 4.74 Å². The largest absolute Gasteiger partial charge is 0.488 e. The first-order chi connectivity index (χ1) is 16.2. The maximum Gasteiger partial charge on any atom is 0.416 e. The van der Waals surface area contributed by atoms with Gasteiger partial charge in [-0.15, -0.1) is 11.3 Å². The molecule has 0 saturated carbocycles. The van der Waals surface area contributed by atoms with Crippen LogP contribution in [0, 0.1) is 6.92 Å². The monoisotopic (exact) mass is 488 g/mol. The minimum Gasteiger partial charge on any atom is -0.488 e. The van der Waals surface area contributed by atoms with E-state index in [9.17, 15) is 23.1 Å². The number of thiazole rings is 1. The number of hydrogen-bond donors (Lipinski definition) is 1. The summed E-state index contributed by atoms with van der Waals surface area (Å²) in [6.07, 6.45) is -3.11. The molecular weight excluding hydrogens is 469 g/mol. The van der Waals surface area contributed by atoms with Crippen LogP contribution in [0.25, 0.3) is 10.6 Å². The molecule has 0 spiro atoms. The molecule has 0 amide bonds. The first kappa shape index (κ1) is 23.5. The van der Waals surface area contributed by atoms with E-state index in [4.69, 9.17) is 9.26 Å². The zero-order chi connectivity index (χ0) is 24.3. The van der Waals surface area contributed by atoms with Crippen molar-refractivity contribution in [2.24, 2.45) is 0 Å². The smallest absolute Gasteiger partial charge is 0.416 e. The number of ether oxygens (including phenoxy) is 1. The molecule has 0 aliphatic carbocycles. The van der Waals surface area contributed by atoms with Gasteiger partial charge in [-0.05, 0) is 36.8 Å². The van der Waals surface area contributed by atoms with Crippen molar-refractivity contribution in [3.05, 3.63) is 88.3 Å². The van der Waals surface area contributed by atoms with E-state index in [0.717, 1.165) is 28.3 Å². The van der Waals surface area contributed by atoms with Crippen molar-refractivity contribution < 1.29 is 32.3 Å². The molecule has 0 fully saturated rings. The molecule has 2 aromatic carbocycles. The topological polar surface area (TPSA) is 85.5 Å².